The molecule has 0 aromatic heterocycles. The molecule has 0 radical (unpaired) electrons. The minimum atomic E-state index is 0.282. The number of aryl methyl sites for hydroxylation is 1. The molecule has 2 aliphatic rings. The molecular weight excluding hydrogens is 230 g/mol. The highest BCUT2D eigenvalue weighted by Gasteiger charge is 2.33. The summed E-state index contributed by atoms with van der Waals surface area (Å²) in [5, 5.41) is 0. The molecule has 1 aromatic rings. The normalized spacial score (nSPS) is 25.9. The minimum absolute atomic E-state index is 0.282. The van der Waals surface area contributed by atoms with Gasteiger partial charge in [-0.2, -0.15) is 0 Å². The van der Waals surface area contributed by atoms with Crippen molar-refractivity contribution in [3.63, 3.8) is 0 Å². The van der Waals surface area contributed by atoms with E-state index in [0.717, 1.165) is 12.5 Å². The van der Waals surface area contributed by atoms with Gasteiger partial charge in [-0.25, -0.2) is 0 Å². The number of hydrogen-bond donors (Lipinski definition) is 1. The second-order valence-electron chi connectivity index (χ2n) is 6.75. The lowest BCUT2D eigenvalue weighted by Gasteiger charge is -2.38. The Morgan fingerprint density at radius 1 is 1.16 bits per heavy atom. The maximum atomic E-state index is 6.18. The van der Waals surface area contributed by atoms with Gasteiger partial charge in [-0.1, -0.05) is 44.4 Å². The fraction of sp³-hybridized carbons (Fsp3) is 0.667. The summed E-state index contributed by atoms with van der Waals surface area (Å²) in [6, 6.07) is 7.29. The maximum absolute atomic E-state index is 6.18. The quantitative estimate of drug-likeness (QED) is 0.840. The summed E-state index contributed by atoms with van der Waals surface area (Å²) in [4.78, 5) is 0. The van der Waals surface area contributed by atoms with E-state index in [2.05, 4.69) is 25.1 Å². The molecule has 0 spiro atoms. The summed E-state index contributed by atoms with van der Waals surface area (Å²) in [5.74, 6) is 0.738. The zero-order valence-corrected chi connectivity index (χ0v) is 12.3. The lowest BCUT2D eigenvalue weighted by molar-refractivity contribution is 0.300. The summed E-state index contributed by atoms with van der Waals surface area (Å²) < 4.78 is 0. The second kappa shape index (κ2) is 5.28. The van der Waals surface area contributed by atoms with E-state index < -0.39 is 0 Å². The zero-order valence-electron chi connectivity index (χ0n) is 12.3. The Balaban J connectivity index is 1.98. The molecule has 0 heterocycles. The van der Waals surface area contributed by atoms with Crippen molar-refractivity contribution in [3.8, 4) is 0 Å². The Morgan fingerprint density at radius 3 is 2.68 bits per heavy atom. The molecule has 2 N–H and O–H groups in total. The van der Waals surface area contributed by atoms with Crippen LogP contribution in [0.2, 0.25) is 0 Å². The van der Waals surface area contributed by atoms with Crippen LogP contribution in [0.15, 0.2) is 18.2 Å². The third kappa shape index (κ3) is 2.33. The van der Waals surface area contributed by atoms with Crippen molar-refractivity contribution in [3.05, 3.63) is 34.9 Å². The highest BCUT2D eigenvalue weighted by Crippen LogP contribution is 2.41. The molecule has 1 atom stereocenters. The molecule has 1 fully saturated rings. The average Bonchev–Trinajstić information content (AvgIpc) is 2.48. The fourth-order valence-corrected chi connectivity index (χ4v) is 4.20. The third-order valence-corrected chi connectivity index (χ3v) is 5.57. The van der Waals surface area contributed by atoms with E-state index in [0.29, 0.717) is 0 Å². The number of nitrogens with two attached hydrogens (primary N) is 1. The van der Waals surface area contributed by atoms with Crippen LogP contribution in [-0.4, -0.2) is 6.54 Å². The molecular formula is C18H27N. The van der Waals surface area contributed by atoms with Crippen LogP contribution in [0.3, 0.4) is 0 Å². The first-order valence-electron chi connectivity index (χ1n) is 8.08. The Bertz CT molecular complexity index is 443. The van der Waals surface area contributed by atoms with Crippen LogP contribution in [0.25, 0.3) is 0 Å². The van der Waals surface area contributed by atoms with Crippen LogP contribution >= 0.6 is 0 Å². The first-order chi connectivity index (χ1) is 9.25. The second-order valence-corrected chi connectivity index (χ2v) is 6.75. The van der Waals surface area contributed by atoms with Crippen LogP contribution < -0.4 is 5.73 Å². The number of hydrogen-bond acceptors (Lipinski definition) is 1. The van der Waals surface area contributed by atoms with Crippen molar-refractivity contribution in [2.24, 2.45) is 5.73 Å². The van der Waals surface area contributed by atoms with E-state index in [-0.39, 0.29) is 5.41 Å². The average molecular weight is 257 g/mol. The van der Waals surface area contributed by atoms with Gasteiger partial charge in [0.15, 0.2) is 0 Å². The molecule has 19 heavy (non-hydrogen) atoms. The van der Waals surface area contributed by atoms with Crippen LogP contribution in [0.5, 0.6) is 0 Å². The monoisotopic (exact) mass is 257 g/mol. The van der Waals surface area contributed by atoms with Gasteiger partial charge < -0.3 is 5.73 Å². The first kappa shape index (κ1) is 13.2. The third-order valence-electron chi connectivity index (χ3n) is 5.57. The van der Waals surface area contributed by atoms with Gasteiger partial charge in [0.1, 0.15) is 0 Å². The molecule has 1 nitrogen and oxygen atoms in total. The molecule has 1 saturated carbocycles. The SMILES string of the molecule is CC1CCCc2ccc(C3(CN)CCCCC3)cc21. The van der Waals surface area contributed by atoms with Gasteiger partial charge in [0, 0.05) is 12.0 Å². The predicted octanol–water partition coefficient (Wildman–Crippen LogP) is 4.29. The molecule has 0 amide bonds. The van der Waals surface area contributed by atoms with Crippen LogP contribution in [0.1, 0.15) is 74.5 Å². The maximum Gasteiger partial charge on any atom is 0.00756 e. The largest absolute Gasteiger partial charge is 0.330 e. The van der Waals surface area contributed by atoms with Gasteiger partial charge in [0.05, 0.1) is 0 Å². The standard InChI is InChI=1S/C18H27N/c1-14-6-5-7-15-8-9-16(12-17(14)15)18(13-19)10-3-2-4-11-18/h8-9,12,14H,2-7,10-11,13,19H2,1H3. The minimum Gasteiger partial charge on any atom is -0.330 e. The molecule has 0 bridgehead atoms. The Kier molecular flexibility index (Phi) is 3.66. The molecule has 1 aromatic carbocycles. The Morgan fingerprint density at radius 2 is 1.95 bits per heavy atom. The zero-order chi connectivity index (χ0) is 13.3. The van der Waals surface area contributed by atoms with E-state index in [1.807, 2.05) is 0 Å². The van der Waals surface area contributed by atoms with Gasteiger partial charge in [0.25, 0.3) is 0 Å². The fourth-order valence-electron chi connectivity index (χ4n) is 4.20. The lowest BCUT2D eigenvalue weighted by atomic mass is 9.68. The summed E-state index contributed by atoms with van der Waals surface area (Å²) in [6.07, 6.45) is 10.7. The molecule has 0 aliphatic heterocycles. The highest BCUT2D eigenvalue weighted by atomic mass is 14.6. The molecule has 1 unspecified atom stereocenters. The van der Waals surface area contributed by atoms with Gasteiger partial charge in [-0.05, 0) is 54.7 Å². The topological polar surface area (TPSA) is 26.0 Å². The first-order valence-corrected chi connectivity index (χ1v) is 8.08. The summed E-state index contributed by atoms with van der Waals surface area (Å²) in [7, 11) is 0. The lowest BCUT2D eigenvalue weighted by Crippen LogP contribution is -2.37. The van der Waals surface area contributed by atoms with Gasteiger partial charge >= 0.3 is 0 Å². The Hall–Kier alpha value is -0.820. The highest BCUT2D eigenvalue weighted by molar-refractivity contribution is 5.40. The number of rotatable bonds is 2. The molecule has 104 valence electrons. The Labute approximate surface area is 117 Å². The number of fused-ring (bicyclic) bond motifs is 1. The smallest absolute Gasteiger partial charge is 0.00756 e. The van der Waals surface area contributed by atoms with Crippen LogP contribution in [0.4, 0.5) is 0 Å². The predicted molar refractivity (Wildman–Crippen MR) is 81.6 cm³/mol. The van der Waals surface area contributed by atoms with E-state index in [9.17, 15) is 0 Å². The van der Waals surface area contributed by atoms with Crippen molar-refractivity contribution in [2.45, 2.75) is 69.6 Å². The molecule has 3 rings (SSSR count). The van der Waals surface area contributed by atoms with Crippen LogP contribution in [0, 0.1) is 0 Å². The van der Waals surface area contributed by atoms with Gasteiger partial charge in [-0.15, -0.1) is 0 Å². The van der Waals surface area contributed by atoms with Crippen molar-refractivity contribution in [2.75, 3.05) is 6.54 Å². The van der Waals surface area contributed by atoms with E-state index in [4.69, 9.17) is 5.73 Å². The van der Waals surface area contributed by atoms with E-state index in [1.54, 1.807) is 11.1 Å². The molecule has 1 heteroatoms. The molecule has 2 aliphatic carbocycles. The van der Waals surface area contributed by atoms with E-state index >= 15 is 0 Å². The van der Waals surface area contributed by atoms with E-state index in [1.165, 1.54) is 56.9 Å². The molecule has 0 saturated heterocycles. The van der Waals surface area contributed by atoms with Crippen LogP contribution in [-0.2, 0) is 11.8 Å². The van der Waals surface area contributed by atoms with Gasteiger partial charge in [0.2, 0.25) is 0 Å². The van der Waals surface area contributed by atoms with Gasteiger partial charge in [-0.3, -0.25) is 0 Å². The number of benzene rings is 1. The van der Waals surface area contributed by atoms with Crippen molar-refractivity contribution in [1.29, 1.82) is 0 Å². The summed E-state index contributed by atoms with van der Waals surface area (Å²) in [6.45, 7) is 3.21. The van der Waals surface area contributed by atoms with Crippen molar-refractivity contribution in [1.82, 2.24) is 0 Å². The summed E-state index contributed by atoms with van der Waals surface area (Å²) in [5.41, 5.74) is 11.2. The summed E-state index contributed by atoms with van der Waals surface area (Å²) >= 11 is 0. The van der Waals surface area contributed by atoms with Crippen molar-refractivity contribution < 1.29 is 0 Å². The van der Waals surface area contributed by atoms with Crippen molar-refractivity contribution >= 4 is 0 Å².